The summed E-state index contributed by atoms with van der Waals surface area (Å²) in [5.74, 6) is 1.43. The molecule has 2 aromatic carbocycles. The number of nitrogens with zero attached hydrogens (tertiary/aromatic N) is 4. The molecule has 1 unspecified atom stereocenters. The lowest BCUT2D eigenvalue weighted by Gasteiger charge is -2.29. The monoisotopic (exact) mass is 504 g/mol. The Kier molecular flexibility index (Phi) is 6.99. The molecule has 36 heavy (non-hydrogen) atoms. The number of hydrogen-bond donors (Lipinski definition) is 0. The Hall–Kier alpha value is -3.72. The molecule has 0 saturated carbocycles. The summed E-state index contributed by atoms with van der Waals surface area (Å²) in [4.78, 5) is 35.9. The fourth-order valence-corrected chi connectivity index (χ4v) is 5.20. The van der Waals surface area contributed by atoms with Crippen LogP contribution in [-0.2, 0) is 4.79 Å². The standard InChI is InChI=1S/C27H25FN4O3S/c1-18-4-6-19(7-5-18)24(16-25(33)31-11-13-36-14-12-31)32-17-30-26(34)21-15-20(8-9-23(21)32)35-27-22(28)3-2-10-29-27/h2-10,15,17,24H,11-14,16H2,1H3. The van der Waals surface area contributed by atoms with E-state index in [0.29, 0.717) is 10.9 Å². The summed E-state index contributed by atoms with van der Waals surface area (Å²) in [5.41, 5.74) is 2.23. The van der Waals surface area contributed by atoms with Crippen LogP contribution in [0.5, 0.6) is 11.6 Å². The fourth-order valence-electron chi connectivity index (χ4n) is 4.30. The Balaban J connectivity index is 1.55. The van der Waals surface area contributed by atoms with Gasteiger partial charge in [0.2, 0.25) is 5.91 Å². The summed E-state index contributed by atoms with van der Waals surface area (Å²) in [6, 6.07) is 15.3. The first-order valence-electron chi connectivity index (χ1n) is 11.7. The van der Waals surface area contributed by atoms with Crippen LogP contribution >= 0.6 is 11.8 Å². The molecule has 1 fully saturated rings. The second-order valence-corrected chi connectivity index (χ2v) is 9.88. The lowest BCUT2D eigenvalue weighted by atomic mass is 10.0. The van der Waals surface area contributed by atoms with E-state index in [-0.39, 0.29) is 30.0 Å². The summed E-state index contributed by atoms with van der Waals surface area (Å²) in [6.07, 6.45) is 3.16. The van der Waals surface area contributed by atoms with Crippen LogP contribution in [0, 0.1) is 12.7 Å². The predicted octanol–water partition coefficient (Wildman–Crippen LogP) is 4.59. The van der Waals surface area contributed by atoms with Crippen molar-refractivity contribution in [3.05, 3.63) is 94.4 Å². The highest BCUT2D eigenvalue weighted by atomic mass is 32.2. The van der Waals surface area contributed by atoms with E-state index in [1.807, 2.05) is 52.4 Å². The van der Waals surface area contributed by atoms with Crippen LogP contribution < -0.4 is 10.3 Å². The van der Waals surface area contributed by atoms with E-state index in [1.54, 1.807) is 12.1 Å². The summed E-state index contributed by atoms with van der Waals surface area (Å²) in [5, 5.41) is 0.310. The van der Waals surface area contributed by atoms with Crippen LogP contribution in [0.3, 0.4) is 0 Å². The van der Waals surface area contributed by atoms with Crippen molar-refractivity contribution in [3.63, 3.8) is 0 Å². The number of halogens is 1. The molecular weight excluding hydrogens is 479 g/mol. The van der Waals surface area contributed by atoms with Gasteiger partial charge in [-0.15, -0.1) is 0 Å². The molecule has 1 saturated heterocycles. The largest absolute Gasteiger partial charge is 0.436 e. The molecule has 3 heterocycles. The highest BCUT2D eigenvalue weighted by Gasteiger charge is 2.24. The number of thioether (sulfide) groups is 1. The predicted molar refractivity (Wildman–Crippen MR) is 138 cm³/mol. The van der Waals surface area contributed by atoms with E-state index in [1.165, 1.54) is 30.7 Å². The highest BCUT2D eigenvalue weighted by molar-refractivity contribution is 7.99. The van der Waals surface area contributed by atoms with Gasteiger partial charge in [0.15, 0.2) is 5.82 Å². The molecular formula is C27H25FN4O3S. The van der Waals surface area contributed by atoms with Gasteiger partial charge < -0.3 is 14.2 Å². The van der Waals surface area contributed by atoms with Gasteiger partial charge in [0.05, 0.1) is 29.7 Å². The van der Waals surface area contributed by atoms with Crippen LogP contribution in [0.4, 0.5) is 4.39 Å². The maximum absolute atomic E-state index is 14.0. The molecule has 0 N–H and O–H groups in total. The van der Waals surface area contributed by atoms with E-state index < -0.39 is 11.4 Å². The molecule has 1 amide bonds. The van der Waals surface area contributed by atoms with E-state index in [2.05, 4.69) is 9.97 Å². The van der Waals surface area contributed by atoms with Crippen molar-refractivity contribution in [1.29, 1.82) is 0 Å². The lowest BCUT2D eigenvalue weighted by molar-refractivity contribution is -0.131. The Morgan fingerprint density at radius 3 is 2.64 bits per heavy atom. The molecule has 7 nitrogen and oxygen atoms in total. The van der Waals surface area contributed by atoms with Crippen molar-refractivity contribution >= 4 is 28.6 Å². The molecule has 0 aliphatic carbocycles. The third kappa shape index (κ3) is 5.11. The molecule has 0 radical (unpaired) electrons. The van der Waals surface area contributed by atoms with Crippen LogP contribution in [0.2, 0.25) is 0 Å². The first kappa shape index (κ1) is 24.0. The van der Waals surface area contributed by atoms with Crippen molar-refractivity contribution in [3.8, 4) is 11.6 Å². The number of aromatic nitrogens is 3. The Labute approximate surface area is 211 Å². The number of carbonyl (C=O) groups is 1. The molecule has 0 bridgehead atoms. The van der Waals surface area contributed by atoms with Gasteiger partial charge in [0, 0.05) is 30.8 Å². The lowest BCUT2D eigenvalue weighted by Crippen LogP contribution is -2.39. The Bertz CT molecular complexity index is 1450. The molecule has 1 aliphatic rings. The highest BCUT2D eigenvalue weighted by Crippen LogP contribution is 2.30. The van der Waals surface area contributed by atoms with Crippen LogP contribution in [0.15, 0.2) is 71.9 Å². The van der Waals surface area contributed by atoms with Gasteiger partial charge in [-0.1, -0.05) is 29.8 Å². The van der Waals surface area contributed by atoms with Crippen LogP contribution in [0.25, 0.3) is 10.9 Å². The average molecular weight is 505 g/mol. The normalized spacial score (nSPS) is 14.6. The molecule has 5 rings (SSSR count). The van der Waals surface area contributed by atoms with Gasteiger partial charge in [0.25, 0.3) is 11.4 Å². The number of fused-ring (bicyclic) bond motifs is 1. The second-order valence-electron chi connectivity index (χ2n) is 8.65. The number of hydrogen-bond acceptors (Lipinski definition) is 6. The maximum Gasteiger partial charge on any atom is 0.280 e. The van der Waals surface area contributed by atoms with E-state index in [0.717, 1.165) is 35.7 Å². The summed E-state index contributed by atoms with van der Waals surface area (Å²) in [7, 11) is 0. The SMILES string of the molecule is Cc1ccc(C(CC(=O)N2CCSCC2)n2cnc(=O)c3cc(Oc4ncccc4F)ccc32)cc1. The van der Waals surface area contributed by atoms with E-state index in [4.69, 9.17) is 4.74 Å². The minimum Gasteiger partial charge on any atom is -0.436 e. The Morgan fingerprint density at radius 1 is 1.11 bits per heavy atom. The van der Waals surface area contributed by atoms with Gasteiger partial charge in [0.1, 0.15) is 5.75 Å². The van der Waals surface area contributed by atoms with Crippen LogP contribution in [0.1, 0.15) is 23.6 Å². The van der Waals surface area contributed by atoms with Crippen molar-refractivity contribution in [2.75, 3.05) is 24.6 Å². The van der Waals surface area contributed by atoms with Crippen molar-refractivity contribution in [2.24, 2.45) is 0 Å². The zero-order chi connectivity index (χ0) is 25.1. The van der Waals surface area contributed by atoms with Crippen molar-refractivity contribution in [1.82, 2.24) is 19.4 Å². The van der Waals surface area contributed by atoms with E-state index in [9.17, 15) is 14.0 Å². The molecule has 9 heteroatoms. The van der Waals surface area contributed by atoms with Gasteiger partial charge >= 0.3 is 0 Å². The molecule has 1 atom stereocenters. The third-order valence-corrected chi connectivity index (χ3v) is 7.19. The minimum absolute atomic E-state index is 0.0679. The third-order valence-electron chi connectivity index (χ3n) is 6.24. The topological polar surface area (TPSA) is 77.3 Å². The van der Waals surface area contributed by atoms with Gasteiger partial charge in [-0.3, -0.25) is 9.59 Å². The fraction of sp³-hybridized carbons (Fsp3) is 0.259. The zero-order valence-corrected chi connectivity index (χ0v) is 20.6. The first-order chi connectivity index (χ1) is 17.5. The van der Waals surface area contributed by atoms with Gasteiger partial charge in [-0.25, -0.2) is 9.37 Å². The zero-order valence-electron chi connectivity index (χ0n) is 19.8. The number of rotatable bonds is 6. The second kappa shape index (κ2) is 10.5. The molecule has 1 aliphatic heterocycles. The van der Waals surface area contributed by atoms with E-state index >= 15 is 0 Å². The minimum atomic E-state index is -0.602. The number of amides is 1. The number of benzene rings is 2. The number of aryl methyl sites for hydroxylation is 1. The summed E-state index contributed by atoms with van der Waals surface area (Å²) >= 11 is 1.85. The van der Waals surface area contributed by atoms with Gasteiger partial charge in [-0.2, -0.15) is 16.7 Å². The van der Waals surface area contributed by atoms with Crippen LogP contribution in [-0.4, -0.2) is 49.9 Å². The number of ether oxygens (including phenoxy) is 1. The number of pyridine rings is 1. The van der Waals surface area contributed by atoms with Gasteiger partial charge in [-0.05, 0) is 42.8 Å². The Morgan fingerprint density at radius 2 is 1.89 bits per heavy atom. The van der Waals surface area contributed by atoms with Crippen molar-refractivity contribution in [2.45, 2.75) is 19.4 Å². The smallest absolute Gasteiger partial charge is 0.280 e. The molecule has 0 spiro atoms. The summed E-state index contributed by atoms with van der Waals surface area (Å²) in [6.45, 7) is 3.48. The average Bonchev–Trinajstić information content (AvgIpc) is 2.90. The maximum atomic E-state index is 14.0. The first-order valence-corrected chi connectivity index (χ1v) is 12.9. The van der Waals surface area contributed by atoms with Crippen molar-refractivity contribution < 1.29 is 13.9 Å². The summed E-state index contributed by atoms with van der Waals surface area (Å²) < 4.78 is 21.5. The quantitative estimate of drug-likeness (QED) is 0.382. The number of carbonyl (C=O) groups excluding carboxylic acids is 1. The molecule has 184 valence electrons. The molecule has 2 aromatic heterocycles. The molecule has 4 aromatic rings.